The normalized spacial score (nSPS) is 31.2. The van der Waals surface area contributed by atoms with E-state index in [1.807, 2.05) is 0 Å². The van der Waals surface area contributed by atoms with Gasteiger partial charge in [0.25, 0.3) is 0 Å². The Bertz CT molecular complexity index is 211. The smallest absolute Gasteiger partial charge is 0.0249 e. The summed E-state index contributed by atoms with van der Waals surface area (Å²) in [5, 5.41) is 3.81. The van der Waals surface area contributed by atoms with Crippen LogP contribution in [0.2, 0.25) is 0 Å². The molecule has 0 aromatic carbocycles. The van der Waals surface area contributed by atoms with E-state index in [0.717, 1.165) is 18.1 Å². The molecular formula is C15H30N2. The molecule has 2 rings (SSSR count). The van der Waals surface area contributed by atoms with Gasteiger partial charge in [-0.15, -0.1) is 0 Å². The highest BCUT2D eigenvalue weighted by atomic mass is 15.2. The van der Waals surface area contributed by atoms with Crippen LogP contribution in [0.1, 0.15) is 64.7 Å². The molecule has 17 heavy (non-hydrogen) atoms. The SMILES string of the molecule is CCCNC1CCCCCCC1N(C)C1CC1. The van der Waals surface area contributed by atoms with E-state index in [2.05, 4.69) is 24.2 Å². The molecule has 2 fully saturated rings. The maximum Gasteiger partial charge on any atom is 0.0249 e. The van der Waals surface area contributed by atoms with Gasteiger partial charge in [0.2, 0.25) is 0 Å². The van der Waals surface area contributed by atoms with Crippen LogP contribution in [0.25, 0.3) is 0 Å². The number of nitrogens with zero attached hydrogens (tertiary/aromatic N) is 1. The first kappa shape index (κ1) is 13.4. The molecule has 100 valence electrons. The fourth-order valence-corrected chi connectivity index (χ4v) is 3.27. The summed E-state index contributed by atoms with van der Waals surface area (Å²) >= 11 is 0. The van der Waals surface area contributed by atoms with E-state index in [1.165, 1.54) is 64.3 Å². The molecular weight excluding hydrogens is 208 g/mol. The van der Waals surface area contributed by atoms with Crippen LogP contribution in [0, 0.1) is 0 Å². The molecule has 0 bridgehead atoms. The van der Waals surface area contributed by atoms with Gasteiger partial charge in [-0.05, 0) is 45.7 Å². The lowest BCUT2D eigenvalue weighted by Crippen LogP contribution is -2.50. The molecule has 0 aliphatic heterocycles. The van der Waals surface area contributed by atoms with E-state index in [-0.39, 0.29) is 0 Å². The molecule has 0 heterocycles. The Morgan fingerprint density at radius 1 is 1.00 bits per heavy atom. The minimum Gasteiger partial charge on any atom is -0.312 e. The van der Waals surface area contributed by atoms with Crippen LogP contribution in [0.5, 0.6) is 0 Å². The summed E-state index contributed by atoms with van der Waals surface area (Å²) in [6.45, 7) is 3.47. The Hall–Kier alpha value is -0.0800. The topological polar surface area (TPSA) is 15.3 Å². The van der Waals surface area contributed by atoms with Gasteiger partial charge >= 0.3 is 0 Å². The third-order valence-corrected chi connectivity index (χ3v) is 4.53. The predicted molar refractivity (Wildman–Crippen MR) is 74.4 cm³/mol. The molecule has 0 aromatic rings. The molecule has 0 radical (unpaired) electrons. The maximum absolute atomic E-state index is 3.81. The van der Waals surface area contributed by atoms with E-state index in [9.17, 15) is 0 Å². The molecule has 1 N–H and O–H groups in total. The van der Waals surface area contributed by atoms with Gasteiger partial charge in [0, 0.05) is 18.1 Å². The fourth-order valence-electron chi connectivity index (χ4n) is 3.27. The van der Waals surface area contributed by atoms with Gasteiger partial charge in [0.15, 0.2) is 0 Å². The number of nitrogens with one attached hydrogen (secondary N) is 1. The minimum atomic E-state index is 0.751. The Morgan fingerprint density at radius 2 is 1.71 bits per heavy atom. The molecule has 2 heteroatoms. The molecule has 0 amide bonds. The minimum absolute atomic E-state index is 0.751. The number of hydrogen-bond acceptors (Lipinski definition) is 2. The summed E-state index contributed by atoms with van der Waals surface area (Å²) in [7, 11) is 2.37. The van der Waals surface area contributed by atoms with Crippen LogP contribution in [0.4, 0.5) is 0 Å². The first-order valence-electron chi connectivity index (χ1n) is 7.78. The van der Waals surface area contributed by atoms with Gasteiger partial charge in [-0.25, -0.2) is 0 Å². The molecule has 2 nitrogen and oxygen atoms in total. The number of hydrogen-bond donors (Lipinski definition) is 1. The van der Waals surface area contributed by atoms with Crippen molar-refractivity contribution in [1.82, 2.24) is 10.2 Å². The van der Waals surface area contributed by atoms with Crippen molar-refractivity contribution in [1.29, 1.82) is 0 Å². The lowest BCUT2D eigenvalue weighted by Gasteiger charge is -2.37. The molecule has 2 saturated carbocycles. The van der Waals surface area contributed by atoms with Gasteiger partial charge in [-0.2, -0.15) is 0 Å². The Morgan fingerprint density at radius 3 is 2.35 bits per heavy atom. The van der Waals surface area contributed by atoms with Crippen LogP contribution >= 0.6 is 0 Å². The number of rotatable bonds is 5. The van der Waals surface area contributed by atoms with E-state index in [4.69, 9.17) is 0 Å². The summed E-state index contributed by atoms with van der Waals surface area (Å²) in [4.78, 5) is 2.69. The third kappa shape index (κ3) is 3.96. The monoisotopic (exact) mass is 238 g/mol. The zero-order valence-corrected chi connectivity index (χ0v) is 11.8. The summed E-state index contributed by atoms with van der Waals surface area (Å²) in [5.41, 5.74) is 0. The average Bonchev–Trinajstić information content (AvgIpc) is 3.11. The van der Waals surface area contributed by atoms with Crippen molar-refractivity contribution in [3.8, 4) is 0 Å². The van der Waals surface area contributed by atoms with Crippen LogP contribution in [-0.4, -0.2) is 36.6 Å². The van der Waals surface area contributed by atoms with E-state index >= 15 is 0 Å². The summed E-state index contributed by atoms with van der Waals surface area (Å²) < 4.78 is 0. The Labute approximate surface area is 107 Å². The van der Waals surface area contributed by atoms with Crippen LogP contribution in [0.3, 0.4) is 0 Å². The largest absolute Gasteiger partial charge is 0.312 e. The van der Waals surface area contributed by atoms with Gasteiger partial charge in [-0.3, -0.25) is 4.90 Å². The zero-order valence-electron chi connectivity index (χ0n) is 11.8. The second-order valence-electron chi connectivity index (χ2n) is 6.02. The average molecular weight is 238 g/mol. The first-order chi connectivity index (χ1) is 8.33. The second-order valence-corrected chi connectivity index (χ2v) is 6.02. The molecule has 2 aliphatic rings. The highest BCUT2D eigenvalue weighted by Crippen LogP contribution is 2.31. The number of likely N-dealkylation sites (N-methyl/N-ethyl adjacent to an activating group) is 1. The highest BCUT2D eigenvalue weighted by Gasteiger charge is 2.34. The molecule has 0 spiro atoms. The third-order valence-electron chi connectivity index (χ3n) is 4.53. The molecule has 0 saturated heterocycles. The second kappa shape index (κ2) is 6.75. The summed E-state index contributed by atoms with van der Waals surface area (Å²) in [6, 6.07) is 2.46. The lowest BCUT2D eigenvalue weighted by atomic mass is 9.91. The van der Waals surface area contributed by atoms with Crippen molar-refractivity contribution in [2.75, 3.05) is 13.6 Å². The first-order valence-corrected chi connectivity index (χ1v) is 7.78. The van der Waals surface area contributed by atoms with Crippen molar-refractivity contribution < 1.29 is 0 Å². The summed E-state index contributed by atoms with van der Waals surface area (Å²) in [6.07, 6.45) is 12.7. The van der Waals surface area contributed by atoms with Crippen molar-refractivity contribution in [2.24, 2.45) is 0 Å². The van der Waals surface area contributed by atoms with Gasteiger partial charge in [0.05, 0.1) is 0 Å². The maximum atomic E-state index is 3.81. The van der Waals surface area contributed by atoms with E-state index < -0.39 is 0 Å². The Balaban J connectivity index is 1.92. The van der Waals surface area contributed by atoms with Crippen molar-refractivity contribution in [3.63, 3.8) is 0 Å². The zero-order chi connectivity index (χ0) is 12.1. The quantitative estimate of drug-likeness (QED) is 0.791. The van der Waals surface area contributed by atoms with E-state index in [0.29, 0.717) is 0 Å². The van der Waals surface area contributed by atoms with Crippen LogP contribution in [-0.2, 0) is 0 Å². The highest BCUT2D eigenvalue weighted by molar-refractivity contribution is 4.92. The van der Waals surface area contributed by atoms with Crippen LogP contribution < -0.4 is 5.32 Å². The molecule has 2 unspecified atom stereocenters. The van der Waals surface area contributed by atoms with Crippen molar-refractivity contribution >= 4 is 0 Å². The van der Waals surface area contributed by atoms with Crippen LogP contribution in [0.15, 0.2) is 0 Å². The van der Waals surface area contributed by atoms with Gasteiger partial charge in [0.1, 0.15) is 0 Å². The molecule has 2 aliphatic carbocycles. The molecule has 0 aromatic heterocycles. The standard InChI is InChI=1S/C15H30N2/c1-3-12-16-14-8-6-4-5-7-9-15(14)17(2)13-10-11-13/h13-16H,3-12H2,1-2H3. The fraction of sp³-hybridized carbons (Fsp3) is 1.00. The lowest BCUT2D eigenvalue weighted by molar-refractivity contribution is 0.155. The van der Waals surface area contributed by atoms with Crippen molar-refractivity contribution in [3.05, 3.63) is 0 Å². The predicted octanol–water partition coefficient (Wildman–Crippen LogP) is 3.17. The van der Waals surface area contributed by atoms with Gasteiger partial charge in [-0.1, -0.05) is 32.6 Å². The van der Waals surface area contributed by atoms with Crippen molar-refractivity contribution in [2.45, 2.75) is 82.8 Å². The Kier molecular flexibility index (Phi) is 5.30. The molecule has 2 atom stereocenters. The van der Waals surface area contributed by atoms with Gasteiger partial charge < -0.3 is 5.32 Å². The summed E-state index contributed by atoms with van der Waals surface area (Å²) in [5.74, 6) is 0. The van der Waals surface area contributed by atoms with E-state index in [1.54, 1.807) is 0 Å².